The van der Waals surface area contributed by atoms with E-state index in [1.807, 2.05) is 12.3 Å². The summed E-state index contributed by atoms with van der Waals surface area (Å²) in [6.07, 6.45) is 4.31. The van der Waals surface area contributed by atoms with Gasteiger partial charge in [-0.3, -0.25) is 4.90 Å². The van der Waals surface area contributed by atoms with Gasteiger partial charge in [-0.25, -0.2) is 9.97 Å². The summed E-state index contributed by atoms with van der Waals surface area (Å²) < 4.78 is 2.29. The molecule has 3 rings (SSSR count). The summed E-state index contributed by atoms with van der Waals surface area (Å²) in [6, 6.07) is 4.86. The maximum Gasteiger partial charge on any atom is 0.160 e. The first-order chi connectivity index (χ1) is 8.68. The molecular formula is C14H20N4. The summed E-state index contributed by atoms with van der Waals surface area (Å²) in [5.41, 5.74) is 2.03. The van der Waals surface area contributed by atoms with Gasteiger partial charge in [0, 0.05) is 12.2 Å². The van der Waals surface area contributed by atoms with Gasteiger partial charge in [0.05, 0.1) is 6.04 Å². The highest BCUT2D eigenvalue weighted by atomic mass is 15.2. The van der Waals surface area contributed by atoms with Crippen LogP contribution in [-0.4, -0.2) is 33.0 Å². The highest BCUT2D eigenvalue weighted by molar-refractivity contribution is 5.71. The van der Waals surface area contributed by atoms with Gasteiger partial charge in [-0.1, -0.05) is 0 Å². The second-order valence-corrected chi connectivity index (χ2v) is 5.42. The fraction of sp³-hybridized carbons (Fsp3) is 0.571. The number of likely N-dealkylation sites (tertiary alicyclic amines) is 1. The summed E-state index contributed by atoms with van der Waals surface area (Å²) in [5.74, 6) is 1.18. The van der Waals surface area contributed by atoms with Crippen molar-refractivity contribution in [1.82, 2.24) is 19.4 Å². The molecule has 3 heterocycles. The van der Waals surface area contributed by atoms with E-state index < -0.39 is 0 Å². The molecule has 0 bridgehead atoms. The van der Waals surface area contributed by atoms with Crippen molar-refractivity contribution in [3.63, 3.8) is 0 Å². The van der Waals surface area contributed by atoms with Gasteiger partial charge in [0.1, 0.15) is 11.3 Å². The second-order valence-electron chi connectivity index (χ2n) is 5.42. The lowest BCUT2D eigenvalue weighted by atomic mass is 10.2. The molecule has 1 saturated heterocycles. The van der Waals surface area contributed by atoms with Crippen LogP contribution < -0.4 is 0 Å². The van der Waals surface area contributed by atoms with Crippen molar-refractivity contribution in [2.24, 2.45) is 0 Å². The van der Waals surface area contributed by atoms with E-state index in [0.717, 1.165) is 11.2 Å². The largest absolute Gasteiger partial charge is 0.309 e. The van der Waals surface area contributed by atoms with Crippen molar-refractivity contribution in [3.05, 3.63) is 24.2 Å². The topological polar surface area (TPSA) is 34.0 Å². The van der Waals surface area contributed by atoms with E-state index in [9.17, 15) is 0 Å². The van der Waals surface area contributed by atoms with Crippen LogP contribution in [0.25, 0.3) is 11.2 Å². The Bertz CT molecular complexity index is 558. The molecule has 4 nitrogen and oxygen atoms in total. The maximum atomic E-state index is 4.83. The quantitative estimate of drug-likeness (QED) is 0.814. The van der Waals surface area contributed by atoms with Crippen molar-refractivity contribution in [2.45, 2.75) is 38.8 Å². The Morgan fingerprint density at radius 3 is 2.89 bits per heavy atom. The first-order valence-electron chi connectivity index (χ1n) is 6.71. The lowest BCUT2D eigenvalue weighted by Gasteiger charge is -2.21. The Morgan fingerprint density at radius 1 is 1.39 bits per heavy atom. The van der Waals surface area contributed by atoms with Gasteiger partial charge in [-0.2, -0.15) is 0 Å². The first-order valence-corrected chi connectivity index (χ1v) is 6.71. The number of hydrogen-bond donors (Lipinski definition) is 0. The molecule has 1 aliphatic rings. The summed E-state index contributed by atoms with van der Waals surface area (Å²) in [4.78, 5) is 11.7. The van der Waals surface area contributed by atoms with Crippen molar-refractivity contribution in [1.29, 1.82) is 0 Å². The Kier molecular flexibility index (Phi) is 2.82. The first kappa shape index (κ1) is 11.7. The molecule has 2 aromatic heterocycles. The molecule has 1 unspecified atom stereocenters. The molecule has 1 atom stereocenters. The highest BCUT2D eigenvalue weighted by Gasteiger charge is 2.28. The van der Waals surface area contributed by atoms with E-state index in [4.69, 9.17) is 4.98 Å². The third-order valence-electron chi connectivity index (χ3n) is 3.81. The van der Waals surface area contributed by atoms with Crippen molar-refractivity contribution in [3.8, 4) is 0 Å². The Labute approximate surface area is 108 Å². The van der Waals surface area contributed by atoms with E-state index in [1.165, 1.54) is 25.2 Å². The maximum absolute atomic E-state index is 4.83. The Morgan fingerprint density at radius 2 is 2.22 bits per heavy atom. The number of rotatable bonds is 2. The fourth-order valence-electron chi connectivity index (χ4n) is 2.93. The molecule has 0 aromatic carbocycles. The molecule has 0 radical (unpaired) electrons. The van der Waals surface area contributed by atoms with Gasteiger partial charge in [-0.15, -0.1) is 0 Å². The van der Waals surface area contributed by atoms with Crippen LogP contribution >= 0.6 is 0 Å². The normalized spacial score (nSPS) is 21.2. The van der Waals surface area contributed by atoms with Gasteiger partial charge < -0.3 is 4.57 Å². The summed E-state index contributed by atoms with van der Waals surface area (Å²) in [5, 5.41) is 0. The zero-order chi connectivity index (χ0) is 12.7. The number of imidazole rings is 1. The smallest absolute Gasteiger partial charge is 0.160 e. The van der Waals surface area contributed by atoms with E-state index in [2.05, 4.69) is 41.4 Å². The van der Waals surface area contributed by atoms with Crippen LogP contribution in [0.2, 0.25) is 0 Å². The number of pyridine rings is 1. The predicted molar refractivity (Wildman–Crippen MR) is 72.5 cm³/mol. The molecule has 18 heavy (non-hydrogen) atoms. The van der Waals surface area contributed by atoms with E-state index >= 15 is 0 Å². The lowest BCUT2D eigenvalue weighted by Crippen LogP contribution is -2.22. The molecule has 2 aromatic rings. The van der Waals surface area contributed by atoms with Gasteiger partial charge in [0.15, 0.2) is 5.65 Å². The average molecular weight is 244 g/mol. The Balaban J connectivity index is 2.18. The molecular weight excluding hydrogens is 224 g/mol. The third-order valence-corrected chi connectivity index (χ3v) is 3.81. The monoisotopic (exact) mass is 244 g/mol. The van der Waals surface area contributed by atoms with Crippen LogP contribution in [-0.2, 0) is 0 Å². The molecule has 0 saturated carbocycles. The van der Waals surface area contributed by atoms with Crippen molar-refractivity contribution in [2.75, 3.05) is 13.6 Å². The van der Waals surface area contributed by atoms with E-state index in [0.29, 0.717) is 12.1 Å². The van der Waals surface area contributed by atoms with Crippen LogP contribution in [0.4, 0.5) is 0 Å². The number of hydrogen-bond acceptors (Lipinski definition) is 3. The van der Waals surface area contributed by atoms with Gasteiger partial charge >= 0.3 is 0 Å². The standard InChI is InChI=1S/C14H20N4/c1-10(2)18-13-11(6-4-8-15-13)16-14(18)12-7-5-9-17(12)3/h4,6,8,10,12H,5,7,9H2,1-3H3. The molecule has 0 N–H and O–H groups in total. The second kappa shape index (κ2) is 4.35. The molecule has 96 valence electrons. The minimum absolute atomic E-state index is 0.397. The van der Waals surface area contributed by atoms with Gasteiger partial charge in [0.25, 0.3) is 0 Å². The van der Waals surface area contributed by atoms with Gasteiger partial charge in [-0.05, 0) is 52.4 Å². The minimum atomic E-state index is 0.397. The molecule has 0 aliphatic carbocycles. The zero-order valence-corrected chi connectivity index (χ0v) is 11.3. The Hall–Kier alpha value is -1.42. The highest BCUT2D eigenvalue weighted by Crippen LogP contribution is 2.33. The number of nitrogens with zero attached hydrogens (tertiary/aromatic N) is 4. The minimum Gasteiger partial charge on any atom is -0.309 e. The number of fused-ring (bicyclic) bond motifs is 1. The fourth-order valence-corrected chi connectivity index (χ4v) is 2.93. The molecule has 4 heteroatoms. The summed E-state index contributed by atoms with van der Waals surface area (Å²) >= 11 is 0. The van der Waals surface area contributed by atoms with Crippen LogP contribution in [0.3, 0.4) is 0 Å². The van der Waals surface area contributed by atoms with Crippen molar-refractivity contribution >= 4 is 11.2 Å². The zero-order valence-electron chi connectivity index (χ0n) is 11.3. The SMILES string of the molecule is CC(C)n1c(C2CCCN2C)nc2cccnc21. The van der Waals surface area contributed by atoms with Crippen LogP contribution in [0.1, 0.15) is 44.6 Å². The van der Waals surface area contributed by atoms with Gasteiger partial charge in [0.2, 0.25) is 0 Å². The predicted octanol–water partition coefficient (Wildman–Crippen LogP) is 2.78. The number of aromatic nitrogens is 3. The summed E-state index contributed by atoms with van der Waals surface area (Å²) in [7, 11) is 2.19. The molecule has 0 amide bonds. The third kappa shape index (κ3) is 1.72. The van der Waals surface area contributed by atoms with Crippen LogP contribution in [0.5, 0.6) is 0 Å². The van der Waals surface area contributed by atoms with Crippen molar-refractivity contribution < 1.29 is 0 Å². The van der Waals surface area contributed by atoms with E-state index in [-0.39, 0.29) is 0 Å². The van der Waals surface area contributed by atoms with Crippen LogP contribution in [0, 0.1) is 0 Å². The van der Waals surface area contributed by atoms with Crippen LogP contribution in [0.15, 0.2) is 18.3 Å². The summed E-state index contributed by atoms with van der Waals surface area (Å²) in [6.45, 7) is 5.57. The lowest BCUT2D eigenvalue weighted by molar-refractivity contribution is 0.296. The average Bonchev–Trinajstić information content (AvgIpc) is 2.91. The molecule has 0 spiro atoms. The molecule has 1 aliphatic heterocycles. The van der Waals surface area contributed by atoms with E-state index in [1.54, 1.807) is 0 Å². The molecule has 1 fully saturated rings.